The van der Waals surface area contributed by atoms with Crippen molar-refractivity contribution in [3.8, 4) is 11.1 Å². The zero-order chi connectivity index (χ0) is 12.3. The summed E-state index contributed by atoms with van der Waals surface area (Å²) in [6.07, 6.45) is 1.86. The monoisotopic (exact) mass is 246 g/mol. The van der Waals surface area contributed by atoms with Gasteiger partial charge in [-0.05, 0) is 31.7 Å². The molecule has 88 valence electrons. The van der Waals surface area contributed by atoms with Gasteiger partial charge in [-0.15, -0.1) is 0 Å². The molecule has 0 spiro atoms. The SMILES string of the molecule is CNCc1ccc(-c2ccc(C)nc2)c(Cl)c1. The summed E-state index contributed by atoms with van der Waals surface area (Å²) in [5, 5.41) is 3.87. The van der Waals surface area contributed by atoms with Crippen LogP contribution in [-0.4, -0.2) is 12.0 Å². The number of hydrogen-bond donors (Lipinski definition) is 1. The fraction of sp³-hybridized carbons (Fsp3) is 0.214. The van der Waals surface area contributed by atoms with Crippen LogP contribution in [0.5, 0.6) is 0 Å². The van der Waals surface area contributed by atoms with Crippen molar-refractivity contribution in [2.45, 2.75) is 13.5 Å². The summed E-state index contributed by atoms with van der Waals surface area (Å²) < 4.78 is 0. The van der Waals surface area contributed by atoms with Crippen molar-refractivity contribution in [1.29, 1.82) is 0 Å². The highest BCUT2D eigenvalue weighted by atomic mass is 35.5. The molecule has 0 atom stereocenters. The van der Waals surface area contributed by atoms with Gasteiger partial charge in [0.2, 0.25) is 0 Å². The summed E-state index contributed by atoms with van der Waals surface area (Å²) in [4.78, 5) is 4.28. The molecule has 0 amide bonds. The molecule has 17 heavy (non-hydrogen) atoms. The number of halogens is 1. The van der Waals surface area contributed by atoms with Crippen LogP contribution in [0.1, 0.15) is 11.3 Å². The number of aromatic nitrogens is 1. The van der Waals surface area contributed by atoms with Gasteiger partial charge in [-0.3, -0.25) is 4.98 Å². The van der Waals surface area contributed by atoms with Gasteiger partial charge in [-0.25, -0.2) is 0 Å². The van der Waals surface area contributed by atoms with Crippen molar-refractivity contribution < 1.29 is 0 Å². The van der Waals surface area contributed by atoms with Gasteiger partial charge in [0.05, 0.1) is 0 Å². The molecule has 0 aliphatic carbocycles. The number of rotatable bonds is 3. The molecule has 0 saturated carbocycles. The molecule has 1 aromatic heterocycles. The smallest absolute Gasteiger partial charge is 0.0488 e. The van der Waals surface area contributed by atoms with Crippen LogP contribution in [0.3, 0.4) is 0 Å². The third kappa shape index (κ3) is 2.84. The summed E-state index contributed by atoms with van der Waals surface area (Å²) in [6, 6.07) is 10.2. The van der Waals surface area contributed by atoms with Gasteiger partial charge in [-0.2, -0.15) is 0 Å². The molecule has 0 saturated heterocycles. The summed E-state index contributed by atoms with van der Waals surface area (Å²) in [7, 11) is 1.92. The van der Waals surface area contributed by atoms with E-state index in [1.807, 2.05) is 44.4 Å². The van der Waals surface area contributed by atoms with Crippen LogP contribution in [0.4, 0.5) is 0 Å². The fourth-order valence-electron chi connectivity index (χ4n) is 1.73. The van der Waals surface area contributed by atoms with E-state index in [0.717, 1.165) is 28.4 Å². The minimum atomic E-state index is 0.767. The summed E-state index contributed by atoms with van der Waals surface area (Å²) in [5.41, 5.74) is 4.27. The largest absolute Gasteiger partial charge is 0.316 e. The Hall–Kier alpha value is -1.38. The standard InChI is InChI=1S/C14H15ClN2/c1-10-3-5-12(9-17-10)13-6-4-11(8-16-2)7-14(13)15/h3-7,9,16H,8H2,1-2H3. The molecule has 1 aromatic carbocycles. The van der Waals surface area contributed by atoms with E-state index in [0.29, 0.717) is 0 Å². The third-order valence-corrected chi connectivity index (χ3v) is 2.95. The molecule has 0 aliphatic rings. The molecule has 0 unspecified atom stereocenters. The van der Waals surface area contributed by atoms with Crippen LogP contribution in [-0.2, 0) is 6.54 Å². The molecular weight excluding hydrogens is 232 g/mol. The highest BCUT2D eigenvalue weighted by molar-refractivity contribution is 6.33. The number of hydrogen-bond acceptors (Lipinski definition) is 2. The Labute approximate surface area is 107 Å². The number of nitrogens with zero attached hydrogens (tertiary/aromatic N) is 1. The van der Waals surface area contributed by atoms with Crippen LogP contribution >= 0.6 is 11.6 Å². The van der Waals surface area contributed by atoms with Crippen molar-refractivity contribution in [2.75, 3.05) is 7.05 Å². The average molecular weight is 247 g/mol. The molecule has 3 heteroatoms. The van der Waals surface area contributed by atoms with E-state index in [1.165, 1.54) is 5.56 Å². The molecule has 0 radical (unpaired) electrons. The lowest BCUT2D eigenvalue weighted by atomic mass is 10.1. The Morgan fingerprint density at radius 1 is 1.24 bits per heavy atom. The summed E-state index contributed by atoms with van der Waals surface area (Å²) in [6.45, 7) is 2.80. The second-order valence-electron chi connectivity index (χ2n) is 4.03. The molecular formula is C14H15ClN2. The topological polar surface area (TPSA) is 24.9 Å². The van der Waals surface area contributed by atoms with E-state index in [9.17, 15) is 0 Å². The predicted octanol–water partition coefficient (Wildman–Crippen LogP) is 3.43. The number of aryl methyl sites for hydroxylation is 1. The van der Waals surface area contributed by atoms with Gasteiger partial charge in [0.1, 0.15) is 0 Å². The van der Waals surface area contributed by atoms with Crippen LogP contribution in [0.25, 0.3) is 11.1 Å². The predicted molar refractivity (Wildman–Crippen MR) is 72.2 cm³/mol. The molecule has 2 aromatic rings. The fourth-order valence-corrected chi connectivity index (χ4v) is 2.05. The second kappa shape index (κ2) is 5.30. The minimum absolute atomic E-state index is 0.767. The molecule has 1 heterocycles. The molecule has 2 nitrogen and oxygen atoms in total. The maximum absolute atomic E-state index is 6.28. The average Bonchev–Trinajstić information content (AvgIpc) is 2.31. The first-order valence-electron chi connectivity index (χ1n) is 5.57. The van der Waals surface area contributed by atoms with Crippen molar-refractivity contribution in [2.24, 2.45) is 0 Å². The van der Waals surface area contributed by atoms with Crippen molar-refractivity contribution >= 4 is 11.6 Å². The lowest BCUT2D eigenvalue weighted by Crippen LogP contribution is -2.04. The zero-order valence-electron chi connectivity index (χ0n) is 10.00. The number of pyridine rings is 1. The minimum Gasteiger partial charge on any atom is -0.316 e. The first-order chi connectivity index (χ1) is 8.20. The van der Waals surface area contributed by atoms with E-state index in [-0.39, 0.29) is 0 Å². The van der Waals surface area contributed by atoms with Crippen LogP contribution in [0.2, 0.25) is 5.02 Å². The lowest BCUT2D eigenvalue weighted by Gasteiger charge is -2.07. The van der Waals surface area contributed by atoms with Gasteiger partial charge in [0.25, 0.3) is 0 Å². The van der Waals surface area contributed by atoms with Gasteiger partial charge in [0.15, 0.2) is 0 Å². The Kier molecular flexibility index (Phi) is 3.77. The maximum Gasteiger partial charge on any atom is 0.0488 e. The van der Waals surface area contributed by atoms with Gasteiger partial charge in [0, 0.05) is 34.6 Å². The van der Waals surface area contributed by atoms with Crippen molar-refractivity contribution in [3.05, 3.63) is 52.8 Å². The maximum atomic E-state index is 6.28. The number of nitrogens with one attached hydrogen (secondary N) is 1. The molecule has 0 fully saturated rings. The van der Waals surface area contributed by atoms with Gasteiger partial charge < -0.3 is 5.32 Å². The quantitative estimate of drug-likeness (QED) is 0.898. The van der Waals surface area contributed by atoms with Crippen LogP contribution in [0.15, 0.2) is 36.5 Å². The van der Waals surface area contributed by atoms with E-state index < -0.39 is 0 Å². The summed E-state index contributed by atoms with van der Waals surface area (Å²) in [5.74, 6) is 0. The van der Waals surface area contributed by atoms with Crippen molar-refractivity contribution in [1.82, 2.24) is 10.3 Å². The first kappa shape index (κ1) is 12.1. The molecule has 2 rings (SSSR count). The Balaban J connectivity index is 2.36. The number of benzene rings is 1. The highest BCUT2D eigenvalue weighted by Crippen LogP contribution is 2.28. The van der Waals surface area contributed by atoms with E-state index in [4.69, 9.17) is 11.6 Å². The third-order valence-electron chi connectivity index (χ3n) is 2.64. The second-order valence-corrected chi connectivity index (χ2v) is 4.44. The zero-order valence-corrected chi connectivity index (χ0v) is 10.8. The lowest BCUT2D eigenvalue weighted by molar-refractivity contribution is 0.818. The normalized spacial score (nSPS) is 10.5. The molecule has 0 aliphatic heterocycles. The first-order valence-corrected chi connectivity index (χ1v) is 5.94. The van der Waals surface area contributed by atoms with Gasteiger partial charge >= 0.3 is 0 Å². The van der Waals surface area contributed by atoms with E-state index in [2.05, 4.69) is 16.4 Å². The molecule has 0 bridgehead atoms. The van der Waals surface area contributed by atoms with E-state index in [1.54, 1.807) is 0 Å². The van der Waals surface area contributed by atoms with Gasteiger partial charge in [-0.1, -0.05) is 29.8 Å². The highest BCUT2D eigenvalue weighted by Gasteiger charge is 2.04. The van der Waals surface area contributed by atoms with Crippen LogP contribution < -0.4 is 5.32 Å². The summed E-state index contributed by atoms with van der Waals surface area (Å²) >= 11 is 6.28. The Morgan fingerprint density at radius 3 is 2.65 bits per heavy atom. The molecule has 1 N–H and O–H groups in total. The van der Waals surface area contributed by atoms with Crippen LogP contribution in [0, 0.1) is 6.92 Å². The van der Waals surface area contributed by atoms with E-state index >= 15 is 0 Å². The Morgan fingerprint density at radius 2 is 2.06 bits per heavy atom. The van der Waals surface area contributed by atoms with Crippen molar-refractivity contribution in [3.63, 3.8) is 0 Å². The Bertz CT molecular complexity index is 506.